The van der Waals surface area contributed by atoms with Gasteiger partial charge in [-0.1, -0.05) is 45.8 Å². The lowest BCUT2D eigenvalue weighted by Crippen LogP contribution is -2.37. The molecule has 9 nitrogen and oxygen atoms in total. The zero-order valence-corrected chi connectivity index (χ0v) is 20.3. The number of nitrogens with zero attached hydrogens (tertiary/aromatic N) is 5. The van der Waals surface area contributed by atoms with E-state index in [0.717, 1.165) is 25.7 Å². The molecule has 0 amide bonds. The Morgan fingerprint density at radius 3 is 2.55 bits per heavy atom. The third-order valence-corrected chi connectivity index (χ3v) is 5.86. The van der Waals surface area contributed by atoms with Crippen LogP contribution >= 0.6 is 15.9 Å². The van der Waals surface area contributed by atoms with Gasteiger partial charge in [0.25, 0.3) is 5.56 Å². The summed E-state index contributed by atoms with van der Waals surface area (Å²) in [7, 11) is 4.64. The predicted octanol–water partition coefficient (Wildman–Crippen LogP) is 3.01. The van der Waals surface area contributed by atoms with Gasteiger partial charge < -0.3 is 4.74 Å². The molecule has 2 heterocycles. The molecule has 33 heavy (non-hydrogen) atoms. The number of hydrogen-bond donors (Lipinski definition) is 1. The summed E-state index contributed by atoms with van der Waals surface area (Å²) in [5.41, 5.74) is 5.55. The van der Waals surface area contributed by atoms with Gasteiger partial charge >= 0.3 is 5.69 Å². The zero-order valence-electron chi connectivity index (χ0n) is 18.7. The van der Waals surface area contributed by atoms with E-state index in [4.69, 9.17) is 4.74 Å². The van der Waals surface area contributed by atoms with Crippen LogP contribution in [0.1, 0.15) is 16.7 Å². The number of fused-ring (bicyclic) bond motifs is 1. The van der Waals surface area contributed by atoms with E-state index in [9.17, 15) is 9.59 Å². The number of rotatable bonds is 6. The van der Waals surface area contributed by atoms with Crippen molar-refractivity contribution in [2.24, 2.45) is 19.2 Å². The van der Waals surface area contributed by atoms with Crippen LogP contribution < -0.4 is 21.4 Å². The van der Waals surface area contributed by atoms with Crippen LogP contribution in [0.15, 0.2) is 61.6 Å². The molecule has 0 bridgehead atoms. The average Bonchev–Trinajstić information content (AvgIpc) is 3.16. The van der Waals surface area contributed by atoms with Crippen molar-refractivity contribution in [1.29, 1.82) is 0 Å². The van der Waals surface area contributed by atoms with Gasteiger partial charge in [0, 0.05) is 24.1 Å². The van der Waals surface area contributed by atoms with Crippen LogP contribution in [0.2, 0.25) is 0 Å². The molecule has 0 aliphatic heterocycles. The van der Waals surface area contributed by atoms with Crippen molar-refractivity contribution in [3.8, 4) is 5.75 Å². The molecule has 4 aromatic rings. The van der Waals surface area contributed by atoms with Crippen molar-refractivity contribution in [3.63, 3.8) is 0 Å². The maximum absolute atomic E-state index is 13.0. The Hall–Kier alpha value is -3.66. The number of aromatic nitrogens is 4. The number of benzene rings is 2. The molecule has 1 N–H and O–H groups in total. The van der Waals surface area contributed by atoms with Gasteiger partial charge in [0.15, 0.2) is 11.2 Å². The van der Waals surface area contributed by atoms with E-state index in [1.54, 1.807) is 24.9 Å². The van der Waals surface area contributed by atoms with E-state index in [1.807, 2.05) is 49.4 Å². The first-order valence-electron chi connectivity index (χ1n) is 10.1. The van der Waals surface area contributed by atoms with Gasteiger partial charge in [0.2, 0.25) is 5.95 Å². The number of ether oxygens (including phenoxy) is 1. The third-order valence-electron chi connectivity index (χ3n) is 5.37. The number of hydrazone groups is 1. The van der Waals surface area contributed by atoms with E-state index in [2.05, 4.69) is 31.4 Å². The molecule has 0 fully saturated rings. The van der Waals surface area contributed by atoms with Gasteiger partial charge in [-0.2, -0.15) is 10.1 Å². The summed E-state index contributed by atoms with van der Waals surface area (Å²) < 4.78 is 10.4. The highest BCUT2D eigenvalue weighted by Crippen LogP contribution is 2.22. The van der Waals surface area contributed by atoms with Crippen molar-refractivity contribution in [1.82, 2.24) is 18.7 Å². The van der Waals surface area contributed by atoms with Gasteiger partial charge in [-0.25, -0.2) is 10.2 Å². The van der Waals surface area contributed by atoms with Crippen LogP contribution in [0.4, 0.5) is 5.95 Å². The minimum atomic E-state index is -0.443. The highest BCUT2D eigenvalue weighted by atomic mass is 79.9. The second-order valence-corrected chi connectivity index (χ2v) is 8.56. The molecule has 10 heteroatoms. The Morgan fingerprint density at radius 2 is 1.85 bits per heavy atom. The van der Waals surface area contributed by atoms with Crippen molar-refractivity contribution >= 4 is 39.3 Å². The number of aryl methyl sites for hydroxylation is 2. The van der Waals surface area contributed by atoms with Gasteiger partial charge in [0.05, 0.1) is 19.9 Å². The van der Waals surface area contributed by atoms with E-state index in [1.165, 1.54) is 11.6 Å². The lowest BCUT2D eigenvalue weighted by Gasteiger charge is -2.10. The Bertz CT molecular complexity index is 1480. The summed E-state index contributed by atoms with van der Waals surface area (Å²) in [6.45, 7) is 2.39. The highest BCUT2D eigenvalue weighted by molar-refractivity contribution is 9.10. The van der Waals surface area contributed by atoms with Gasteiger partial charge in [0.1, 0.15) is 5.75 Å². The first-order valence-corrected chi connectivity index (χ1v) is 10.9. The molecule has 0 aliphatic carbocycles. The highest BCUT2D eigenvalue weighted by Gasteiger charge is 2.19. The fraction of sp³-hybridized carbons (Fsp3) is 0.217. The lowest BCUT2D eigenvalue weighted by atomic mass is 10.1. The fourth-order valence-corrected chi connectivity index (χ4v) is 3.91. The molecular formula is C23H23BrN6O3. The topological polar surface area (TPSA) is 95.4 Å². The maximum Gasteiger partial charge on any atom is 0.332 e. The van der Waals surface area contributed by atoms with E-state index in [0.29, 0.717) is 23.8 Å². The van der Waals surface area contributed by atoms with Crippen LogP contribution in [0.3, 0.4) is 0 Å². The molecular weight excluding hydrogens is 488 g/mol. The molecule has 0 spiro atoms. The molecule has 0 saturated carbocycles. The Balaban J connectivity index is 1.81. The monoisotopic (exact) mass is 510 g/mol. The summed E-state index contributed by atoms with van der Waals surface area (Å²) >= 11 is 3.45. The Kier molecular flexibility index (Phi) is 6.19. The number of halogens is 1. The van der Waals surface area contributed by atoms with E-state index < -0.39 is 11.2 Å². The number of anilines is 1. The van der Waals surface area contributed by atoms with Crippen LogP contribution in [0.25, 0.3) is 11.2 Å². The van der Waals surface area contributed by atoms with Gasteiger partial charge in [-0.3, -0.25) is 18.5 Å². The van der Waals surface area contributed by atoms with Crippen molar-refractivity contribution in [2.45, 2.75) is 13.5 Å². The van der Waals surface area contributed by atoms with Crippen LogP contribution in [-0.2, 0) is 20.6 Å². The minimum Gasteiger partial charge on any atom is -0.496 e. The molecule has 0 atom stereocenters. The maximum atomic E-state index is 13.0. The first kappa shape index (κ1) is 22.5. The van der Waals surface area contributed by atoms with Crippen LogP contribution in [-0.4, -0.2) is 32.0 Å². The second kappa shape index (κ2) is 9.07. The molecule has 2 aromatic carbocycles. The first-order chi connectivity index (χ1) is 15.8. The fourth-order valence-electron chi connectivity index (χ4n) is 3.53. The normalized spacial score (nSPS) is 11.4. The van der Waals surface area contributed by atoms with Gasteiger partial charge in [-0.15, -0.1) is 0 Å². The summed E-state index contributed by atoms with van der Waals surface area (Å²) in [6.07, 6.45) is 1.61. The third kappa shape index (κ3) is 4.34. The number of imidazole rings is 1. The summed E-state index contributed by atoms with van der Waals surface area (Å²) in [5, 5.41) is 4.32. The lowest BCUT2D eigenvalue weighted by molar-refractivity contribution is 0.414. The second-order valence-electron chi connectivity index (χ2n) is 7.64. The molecule has 0 radical (unpaired) electrons. The quantitative estimate of drug-likeness (QED) is 0.317. The predicted molar refractivity (Wildman–Crippen MR) is 132 cm³/mol. The van der Waals surface area contributed by atoms with Gasteiger partial charge in [-0.05, 0) is 30.7 Å². The standard InChI is InChI=1S/C23H23BrN6O3/c1-14-5-7-15(8-6-14)13-30-19-20(28(2)23(32)29(3)21(19)31)26-22(30)27-25-12-16-11-17(24)9-10-18(16)33-4/h5-12H,13H2,1-4H3,(H,26,27). The average molecular weight is 511 g/mol. The number of nitrogens with one attached hydrogen (secondary N) is 1. The SMILES string of the molecule is COc1ccc(Br)cc1C=NNc1nc2c(c(=O)n(C)c(=O)n2C)n1Cc1ccc(C)cc1. The minimum absolute atomic E-state index is 0.285. The zero-order chi connectivity index (χ0) is 23.7. The smallest absolute Gasteiger partial charge is 0.332 e. The summed E-state index contributed by atoms with van der Waals surface area (Å²) in [4.78, 5) is 30.0. The largest absolute Gasteiger partial charge is 0.496 e. The van der Waals surface area contributed by atoms with Crippen molar-refractivity contribution < 1.29 is 4.74 Å². The van der Waals surface area contributed by atoms with Crippen molar-refractivity contribution in [2.75, 3.05) is 12.5 Å². The summed E-state index contributed by atoms with van der Waals surface area (Å²) in [6, 6.07) is 13.6. The Morgan fingerprint density at radius 1 is 1.12 bits per heavy atom. The van der Waals surface area contributed by atoms with E-state index in [-0.39, 0.29) is 5.65 Å². The molecule has 2 aromatic heterocycles. The molecule has 0 aliphatic rings. The molecule has 0 saturated heterocycles. The molecule has 4 rings (SSSR count). The Labute approximate surface area is 198 Å². The van der Waals surface area contributed by atoms with Crippen molar-refractivity contribution in [3.05, 3.63) is 84.5 Å². The van der Waals surface area contributed by atoms with Crippen LogP contribution in [0.5, 0.6) is 5.75 Å². The number of hydrogen-bond acceptors (Lipinski definition) is 6. The number of methoxy groups -OCH3 is 1. The van der Waals surface area contributed by atoms with Crippen LogP contribution in [0, 0.1) is 6.92 Å². The summed E-state index contributed by atoms with van der Waals surface area (Å²) in [5.74, 6) is 1.00. The molecule has 0 unspecified atom stereocenters. The molecule has 170 valence electrons. The van der Waals surface area contributed by atoms with E-state index >= 15 is 0 Å².